The van der Waals surface area contributed by atoms with Crippen LogP contribution in [-0.2, 0) is 9.53 Å². The fourth-order valence-corrected chi connectivity index (χ4v) is 1.54. The lowest BCUT2D eigenvalue weighted by Gasteiger charge is -2.08. The minimum absolute atomic E-state index is 0.178. The first-order chi connectivity index (χ1) is 9.06. The topological polar surface area (TPSA) is 76.7 Å². The Kier molecular flexibility index (Phi) is 5.95. The Labute approximate surface area is 116 Å². The second-order valence-corrected chi connectivity index (χ2v) is 3.88. The molecule has 0 atom stereocenters. The van der Waals surface area contributed by atoms with Crippen molar-refractivity contribution < 1.29 is 19.1 Å². The second-order valence-electron chi connectivity index (χ2n) is 3.47. The fraction of sp³-hybridized carbons (Fsp3) is 0.333. The van der Waals surface area contributed by atoms with E-state index in [1.165, 1.54) is 7.11 Å². The van der Waals surface area contributed by atoms with E-state index in [4.69, 9.17) is 16.3 Å². The third-order valence-corrected chi connectivity index (χ3v) is 2.40. The maximum absolute atomic E-state index is 11.5. The molecule has 0 aliphatic carbocycles. The van der Waals surface area contributed by atoms with Gasteiger partial charge in [-0.15, -0.1) is 0 Å². The van der Waals surface area contributed by atoms with Crippen LogP contribution in [0.1, 0.15) is 6.92 Å². The van der Waals surface area contributed by atoms with Gasteiger partial charge in [0.2, 0.25) is 5.91 Å². The molecule has 0 aromatic heterocycles. The van der Waals surface area contributed by atoms with Gasteiger partial charge in [-0.25, -0.2) is 4.79 Å². The Bertz CT molecular complexity index is 465. The van der Waals surface area contributed by atoms with Crippen molar-refractivity contribution >= 4 is 29.3 Å². The summed E-state index contributed by atoms with van der Waals surface area (Å²) in [7, 11) is 1.50. The molecule has 0 aliphatic heterocycles. The number of nitrogens with one attached hydrogen (secondary N) is 2. The van der Waals surface area contributed by atoms with Gasteiger partial charge in [0, 0.05) is 5.69 Å². The quantitative estimate of drug-likeness (QED) is 0.868. The van der Waals surface area contributed by atoms with E-state index < -0.39 is 6.09 Å². The molecule has 104 valence electrons. The minimum Gasteiger partial charge on any atom is -0.495 e. The van der Waals surface area contributed by atoms with Crippen LogP contribution in [0.3, 0.4) is 0 Å². The van der Waals surface area contributed by atoms with Gasteiger partial charge in [0.25, 0.3) is 0 Å². The molecule has 19 heavy (non-hydrogen) atoms. The number of anilines is 1. The van der Waals surface area contributed by atoms with Gasteiger partial charge < -0.3 is 20.1 Å². The summed E-state index contributed by atoms with van der Waals surface area (Å²) in [4.78, 5) is 22.5. The normalized spacial score (nSPS) is 9.63. The fourth-order valence-electron chi connectivity index (χ4n) is 1.28. The Balaban J connectivity index is 2.48. The molecule has 0 saturated heterocycles. The summed E-state index contributed by atoms with van der Waals surface area (Å²) >= 11 is 5.92. The van der Waals surface area contributed by atoms with Crippen molar-refractivity contribution in [3.05, 3.63) is 23.2 Å². The maximum Gasteiger partial charge on any atom is 0.407 e. The maximum atomic E-state index is 11.5. The average molecular weight is 287 g/mol. The van der Waals surface area contributed by atoms with Crippen LogP contribution < -0.4 is 15.4 Å². The molecule has 0 fully saturated rings. The summed E-state index contributed by atoms with van der Waals surface area (Å²) < 4.78 is 9.62. The van der Waals surface area contributed by atoms with Crippen molar-refractivity contribution in [1.82, 2.24) is 5.32 Å². The standard InChI is InChI=1S/C12H15ClN2O4/c1-3-19-12(17)14-7-11(16)15-8-4-5-10(18-2)9(13)6-8/h4-6H,3,7H2,1-2H3,(H,14,17)(H,15,16). The van der Waals surface area contributed by atoms with Crippen LogP contribution in [0.25, 0.3) is 0 Å². The van der Waals surface area contributed by atoms with Crippen LogP contribution in [0.15, 0.2) is 18.2 Å². The molecule has 7 heteroatoms. The SMILES string of the molecule is CCOC(=O)NCC(=O)Nc1ccc(OC)c(Cl)c1. The predicted molar refractivity (Wildman–Crippen MR) is 71.7 cm³/mol. The van der Waals surface area contributed by atoms with E-state index in [1.54, 1.807) is 25.1 Å². The van der Waals surface area contributed by atoms with E-state index in [0.29, 0.717) is 16.5 Å². The van der Waals surface area contributed by atoms with Crippen molar-refractivity contribution in [3.8, 4) is 5.75 Å². The average Bonchev–Trinajstić information content (AvgIpc) is 2.37. The van der Waals surface area contributed by atoms with Gasteiger partial charge in [-0.05, 0) is 25.1 Å². The number of methoxy groups -OCH3 is 1. The first-order valence-corrected chi connectivity index (χ1v) is 5.98. The van der Waals surface area contributed by atoms with Gasteiger partial charge in [-0.3, -0.25) is 4.79 Å². The summed E-state index contributed by atoms with van der Waals surface area (Å²) in [6.07, 6.45) is -0.634. The molecular weight excluding hydrogens is 272 g/mol. The van der Waals surface area contributed by atoms with Crippen LogP contribution in [0.4, 0.5) is 10.5 Å². The van der Waals surface area contributed by atoms with Crippen molar-refractivity contribution in [2.75, 3.05) is 25.6 Å². The summed E-state index contributed by atoms with van der Waals surface area (Å²) in [6, 6.07) is 4.84. The second kappa shape index (κ2) is 7.48. The number of amides is 2. The van der Waals surface area contributed by atoms with Crippen molar-refractivity contribution in [3.63, 3.8) is 0 Å². The van der Waals surface area contributed by atoms with Crippen LogP contribution in [0.5, 0.6) is 5.75 Å². The lowest BCUT2D eigenvalue weighted by Crippen LogP contribution is -2.33. The number of halogens is 1. The van der Waals surface area contributed by atoms with Crippen LogP contribution in [0, 0.1) is 0 Å². The molecule has 0 unspecified atom stereocenters. The molecule has 2 N–H and O–H groups in total. The van der Waals surface area contributed by atoms with Crippen LogP contribution >= 0.6 is 11.6 Å². The van der Waals surface area contributed by atoms with E-state index in [9.17, 15) is 9.59 Å². The first kappa shape index (κ1) is 15.1. The largest absolute Gasteiger partial charge is 0.495 e. The van der Waals surface area contributed by atoms with Gasteiger partial charge >= 0.3 is 6.09 Å². The monoisotopic (exact) mass is 286 g/mol. The van der Waals surface area contributed by atoms with Crippen molar-refractivity contribution in [2.24, 2.45) is 0 Å². The highest BCUT2D eigenvalue weighted by atomic mass is 35.5. The summed E-state index contributed by atoms with van der Waals surface area (Å²) in [5, 5.41) is 5.28. The van der Waals surface area contributed by atoms with Crippen molar-refractivity contribution in [2.45, 2.75) is 6.92 Å². The van der Waals surface area contributed by atoms with Crippen molar-refractivity contribution in [1.29, 1.82) is 0 Å². The highest BCUT2D eigenvalue weighted by Crippen LogP contribution is 2.26. The smallest absolute Gasteiger partial charge is 0.407 e. The van der Waals surface area contributed by atoms with Crippen LogP contribution in [0.2, 0.25) is 5.02 Å². The number of carbonyl (C=O) groups is 2. The summed E-state index contributed by atoms with van der Waals surface area (Å²) in [6.45, 7) is 1.75. The molecule has 1 aromatic carbocycles. The number of hydrogen-bond acceptors (Lipinski definition) is 4. The molecule has 2 amide bonds. The molecule has 6 nitrogen and oxygen atoms in total. The van der Waals surface area contributed by atoms with Gasteiger partial charge in [0.15, 0.2) is 0 Å². The summed E-state index contributed by atoms with van der Waals surface area (Å²) in [5.74, 6) is 0.138. The molecule has 0 spiro atoms. The zero-order valence-corrected chi connectivity index (χ0v) is 11.4. The number of alkyl carbamates (subject to hydrolysis) is 1. The zero-order chi connectivity index (χ0) is 14.3. The molecule has 0 aliphatic rings. The van der Waals surface area contributed by atoms with E-state index in [0.717, 1.165) is 0 Å². The number of rotatable bonds is 5. The molecule has 0 saturated carbocycles. The van der Waals surface area contributed by atoms with E-state index >= 15 is 0 Å². The highest BCUT2D eigenvalue weighted by molar-refractivity contribution is 6.32. The third kappa shape index (κ3) is 5.05. The lowest BCUT2D eigenvalue weighted by atomic mass is 10.3. The Morgan fingerprint density at radius 2 is 2.11 bits per heavy atom. The molecule has 0 bridgehead atoms. The number of ether oxygens (including phenoxy) is 2. The molecule has 1 rings (SSSR count). The number of hydrogen-bond donors (Lipinski definition) is 2. The lowest BCUT2D eigenvalue weighted by molar-refractivity contribution is -0.115. The summed E-state index contributed by atoms with van der Waals surface area (Å²) in [5.41, 5.74) is 0.515. The Morgan fingerprint density at radius 3 is 2.68 bits per heavy atom. The van der Waals surface area contributed by atoms with Gasteiger partial charge in [-0.2, -0.15) is 0 Å². The van der Waals surface area contributed by atoms with Crippen LogP contribution in [-0.4, -0.2) is 32.3 Å². The minimum atomic E-state index is -0.634. The van der Waals surface area contributed by atoms with E-state index in [1.807, 2.05) is 0 Å². The van der Waals surface area contributed by atoms with E-state index in [-0.39, 0.29) is 19.1 Å². The molecule has 1 aromatic rings. The molecule has 0 radical (unpaired) electrons. The number of benzene rings is 1. The molecule has 0 heterocycles. The van der Waals surface area contributed by atoms with Gasteiger partial charge in [0.05, 0.1) is 18.7 Å². The van der Waals surface area contributed by atoms with Gasteiger partial charge in [-0.1, -0.05) is 11.6 Å². The third-order valence-electron chi connectivity index (χ3n) is 2.10. The predicted octanol–water partition coefficient (Wildman–Crippen LogP) is 2.03. The first-order valence-electron chi connectivity index (χ1n) is 5.60. The van der Waals surface area contributed by atoms with E-state index in [2.05, 4.69) is 15.4 Å². The highest BCUT2D eigenvalue weighted by Gasteiger charge is 2.07. The zero-order valence-electron chi connectivity index (χ0n) is 10.7. The number of carbonyl (C=O) groups excluding carboxylic acids is 2. The molecular formula is C12H15ClN2O4. The Hall–Kier alpha value is -1.95. The Morgan fingerprint density at radius 1 is 1.37 bits per heavy atom. The van der Waals surface area contributed by atoms with Gasteiger partial charge in [0.1, 0.15) is 12.3 Å².